The van der Waals surface area contributed by atoms with E-state index in [1.165, 1.54) is 23.9 Å². The molecule has 5 rings (SSSR count). The summed E-state index contributed by atoms with van der Waals surface area (Å²) in [7, 11) is 0. The fraction of sp³-hybridized carbons (Fsp3) is 0.200. The minimum Gasteiger partial charge on any atom is -0.311 e. The van der Waals surface area contributed by atoms with Crippen molar-refractivity contribution in [3.8, 4) is 0 Å². The first kappa shape index (κ1) is 21.0. The Labute approximate surface area is 195 Å². The van der Waals surface area contributed by atoms with Gasteiger partial charge in [-0.2, -0.15) is 0 Å². The molecule has 0 aromatic heterocycles. The van der Waals surface area contributed by atoms with Gasteiger partial charge in [0.15, 0.2) is 4.87 Å². The van der Waals surface area contributed by atoms with Crippen LogP contribution in [0.3, 0.4) is 0 Å². The molecule has 3 aromatic rings. The standard InChI is InChI=1S/C25H20ClFN2O2S/c1-16-4-2-3-5-20(16)23(30)29-12-13-32-25(29)21-14-18(26)8-11-22(21)28(24(25)31)15-17-6-9-19(27)10-7-17/h2-11,14H,12-13,15H2,1H3/t25-/m0/s1. The van der Waals surface area contributed by atoms with Crippen molar-refractivity contribution >= 4 is 40.9 Å². The fourth-order valence-electron chi connectivity index (χ4n) is 4.48. The van der Waals surface area contributed by atoms with Crippen molar-refractivity contribution < 1.29 is 14.0 Å². The van der Waals surface area contributed by atoms with Gasteiger partial charge in [-0.1, -0.05) is 41.9 Å². The molecule has 0 N–H and O–H groups in total. The lowest BCUT2D eigenvalue weighted by atomic mass is 10.0. The van der Waals surface area contributed by atoms with Crippen molar-refractivity contribution in [2.75, 3.05) is 17.2 Å². The predicted molar refractivity (Wildman–Crippen MR) is 125 cm³/mol. The number of fused-ring (bicyclic) bond motifs is 2. The van der Waals surface area contributed by atoms with Gasteiger partial charge in [0.2, 0.25) is 0 Å². The van der Waals surface area contributed by atoms with Crippen LogP contribution in [-0.2, 0) is 16.2 Å². The van der Waals surface area contributed by atoms with Crippen LogP contribution in [0, 0.1) is 12.7 Å². The summed E-state index contributed by atoms with van der Waals surface area (Å²) in [5, 5.41) is 0.510. The molecule has 32 heavy (non-hydrogen) atoms. The molecule has 2 heterocycles. The highest BCUT2D eigenvalue weighted by atomic mass is 35.5. The molecule has 2 aliphatic heterocycles. The highest BCUT2D eigenvalue weighted by molar-refractivity contribution is 8.01. The number of thioether (sulfide) groups is 1. The molecule has 0 radical (unpaired) electrons. The molecule has 162 valence electrons. The summed E-state index contributed by atoms with van der Waals surface area (Å²) < 4.78 is 13.4. The van der Waals surface area contributed by atoms with Crippen LogP contribution >= 0.6 is 23.4 Å². The molecule has 1 spiro atoms. The average Bonchev–Trinajstić information content (AvgIpc) is 3.32. The van der Waals surface area contributed by atoms with Crippen LogP contribution in [0.15, 0.2) is 66.7 Å². The van der Waals surface area contributed by atoms with E-state index in [9.17, 15) is 14.0 Å². The summed E-state index contributed by atoms with van der Waals surface area (Å²) in [5.74, 6) is -0.0364. The number of amides is 2. The monoisotopic (exact) mass is 466 g/mol. The summed E-state index contributed by atoms with van der Waals surface area (Å²) in [5.41, 5.74) is 3.70. The highest BCUT2D eigenvalue weighted by Crippen LogP contribution is 2.55. The summed E-state index contributed by atoms with van der Waals surface area (Å²) in [6.45, 7) is 2.63. The van der Waals surface area contributed by atoms with E-state index < -0.39 is 4.87 Å². The van der Waals surface area contributed by atoms with E-state index in [0.717, 1.165) is 22.4 Å². The normalized spacial score (nSPS) is 19.7. The van der Waals surface area contributed by atoms with Crippen molar-refractivity contribution in [2.24, 2.45) is 0 Å². The van der Waals surface area contributed by atoms with Gasteiger partial charge in [0.1, 0.15) is 5.82 Å². The first-order chi connectivity index (χ1) is 15.4. The van der Waals surface area contributed by atoms with Crippen LogP contribution in [0.2, 0.25) is 5.02 Å². The minimum atomic E-state index is -1.17. The number of benzene rings is 3. The second-order valence-electron chi connectivity index (χ2n) is 7.94. The van der Waals surface area contributed by atoms with E-state index >= 15 is 0 Å². The van der Waals surface area contributed by atoms with Crippen LogP contribution in [0.5, 0.6) is 0 Å². The van der Waals surface area contributed by atoms with Gasteiger partial charge in [0.25, 0.3) is 11.8 Å². The zero-order valence-electron chi connectivity index (χ0n) is 17.3. The van der Waals surface area contributed by atoms with Crippen LogP contribution in [0.1, 0.15) is 27.0 Å². The Kier molecular flexibility index (Phi) is 5.22. The topological polar surface area (TPSA) is 40.6 Å². The van der Waals surface area contributed by atoms with Gasteiger partial charge in [-0.3, -0.25) is 9.59 Å². The third-order valence-corrected chi connectivity index (χ3v) is 7.68. The molecular weight excluding hydrogens is 447 g/mol. The summed E-state index contributed by atoms with van der Waals surface area (Å²) in [6.07, 6.45) is 0. The molecule has 0 aliphatic carbocycles. The SMILES string of the molecule is Cc1ccccc1C(=O)N1CCS[C@@]12C(=O)N(Cc1ccc(F)cc1)c1ccc(Cl)cc12. The molecular formula is C25H20ClFN2O2S. The molecule has 0 bridgehead atoms. The van der Waals surface area contributed by atoms with Gasteiger partial charge in [-0.05, 0) is 54.4 Å². The van der Waals surface area contributed by atoms with Crippen LogP contribution in [0.4, 0.5) is 10.1 Å². The zero-order valence-corrected chi connectivity index (χ0v) is 18.9. The molecule has 1 atom stereocenters. The number of halogens is 2. The smallest absolute Gasteiger partial charge is 0.268 e. The molecule has 2 amide bonds. The van der Waals surface area contributed by atoms with E-state index in [1.54, 1.807) is 40.1 Å². The summed E-state index contributed by atoms with van der Waals surface area (Å²) >= 11 is 7.80. The quantitative estimate of drug-likeness (QED) is 0.520. The Morgan fingerprint density at radius 1 is 1.12 bits per heavy atom. The third-order valence-electron chi connectivity index (χ3n) is 6.03. The fourth-order valence-corrected chi connectivity index (χ4v) is 6.10. The Morgan fingerprint density at radius 3 is 2.62 bits per heavy atom. The molecule has 0 saturated carbocycles. The van der Waals surface area contributed by atoms with E-state index in [0.29, 0.717) is 22.9 Å². The lowest BCUT2D eigenvalue weighted by Crippen LogP contribution is -2.50. The van der Waals surface area contributed by atoms with E-state index in [4.69, 9.17) is 11.6 Å². The average molecular weight is 467 g/mol. The third kappa shape index (κ3) is 3.21. The summed E-state index contributed by atoms with van der Waals surface area (Å²) in [4.78, 5) is 29.8. The maximum atomic E-state index is 14.0. The molecule has 0 unspecified atom stereocenters. The van der Waals surface area contributed by atoms with Gasteiger partial charge < -0.3 is 9.80 Å². The number of carbonyl (C=O) groups is 2. The molecule has 7 heteroatoms. The maximum absolute atomic E-state index is 14.0. The Bertz CT molecular complexity index is 1230. The van der Waals surface area contributed by atoms with E-state index in [-0.39, 0.29) is 24.2 Å². The molecule has 3 aromatic carbocycles. The molecule has 2 aliphatic rings. The van der Waals surface area contributed by atoms with Gasteiger partial charge in [-0.15, -0.1) is 11.8 Å². The van der Waals surface area contributed by atoms with Crippen LogP contribution in [0.25, 0.3) is 0 Å². The number of nitrogens with zero attached hydrogens (tertiary/aromatic N) is 2. The molecule has 4 nitrogen and oxygen atoms in total. The Balaban J connectivity index is 1.60. The largest absolute Gasteiger partial charge is 0.311 e. The lowest BCUT2D eigenvalue weighted by Gasteiger charge is -2.33. The number of hydrogen-bond acceptors (Lipinski definition) is 3. The Hall–Kier alpha value is -2.83. The van der Waals surface area contributed by atoms with Gasteiger partial charge in [-0.25, -0.2) is 4.39 Å². The number of carbonyl (C=O) groups excluding carboxylic acids is 2. The predicted octanol–water partition coefficient (Wildman–Crippen LogP) is 5.38. The van der Waals surface area contributed by atoms with Crippen molar-refractivity contribution in [1.29, 1.82) is 0 Å². The van der Waals surface area contributed by atoms with E-state index in [1.807, 2.05) is 31.2 Å². The molecule has 1 fully saturated rings. The Morgan fingerprint density at radius 2 is 1.88 bits per heavy atom. The number of rotatable bonds is 3. The number of aryl methyl sites for hydroxylation is 1. The first-order valence-electron chi connectivity index (χ1n) is 10.3. The first-order valence-corrected chi connectivity index (χ1v) is 11.7. The van der Waals surface area contributed by atoms with Gasteiger partial charge in [0, 0.05) is 28.4 Å². The second kappa shape index (κ2) is 7.94. The highest BCUT2D eigenvalue weighted by Gasteiger charge is 2.59. The number of anilines is 1. The van der Waals surface area contributed by atoms with Gasteiger partial charge >= 0.3 is 0 Å². The zero-order chi connectivity index (χ0) is 22.5. The van der Waals surface area contributed by atoms with Crippen LogP contribution < -0.4 is 4.90 Å². The van der Waals surface area contributed by atoms with Crippen molar-refractivity contribution in [2.45, 2.75) is 18.3 Å². The second-order valence-corrected chi connectivity index (χ2v) is 9.67. The number of hydrogen-bond donors (Lipinski definition) is 0. The minimum absolute atomic E-state index is 0.170. The van der Waals surface area contributed by atoms with Crippen LogP contribution in [-0.4, -0.2) is 29.0 Å². The van der Waals surface area contributed by atoms with Gasteiger partial charge in [0.05, 0.1) is 12.2 Å². The van der Waals surface area contributed by atoms with Crippen molar-refractivity contribution in [3.05, 3.63) is 99.8 Å². The maximum Gasteiger partial charge on any atom is 0.268 e. The van der Waals surface area contributed by atoms with E-state index in [2.05, 4.69) is 0 Å². The summed E-state index contributed by atoms with van der Waals surface area (Å²) in [6, 6.07) is 18.9. The lowest BCUT2D eigenvalue weighted by molar-refractivity contribution is -0.123. The van der Waals surface area contributed by atoms with Crippen molar-refractivity contribution in [3.63, 3.8) is 0 Å². The van der Waals surface area contributed by atoms with Crippen molar-refractivity contribution in [1.82, 2.24) is 4.90 Å². The molecule has 1 saturated heterocycles.